The summed E-state index contributed by atoms with van der Waals surface area (Å²) in [5.74, 6) is -1.25. The molecule has 1 atom stereocenters. The van der Waals surface area contributed by atoms with Crippen molar-refractivity contribution < 1.29 is 27.5 Å². The smallest absolute Gasteiger partial charge is 0.359 e. The lowest BCUT2D eigenvalue weighted by Crippen LogP contribution is -2.40. The Bertz CT molecular complexity index is 547. The summed E-state index contributed by atoms with van der Waals surface area (Å²) in [6, 6.07) is 7.20. The number of carbonyl (C=O) groups excluding carboxylic acids is 2. The Morgan fingerprint density at radius 3 is 2.52 bits per heavy atom. The average molecular weight is 332 g/mol. The van der Waals surface area contributed by atoms with Crippen LogP contribution >= 0.6 is 0 Å². The first-order valence-corrected chi connectivity index (χ1v) is 7.06. The van der Waals surface area contributed by atoms with E-state index in [2.05, 4.69) is 15.4 Å². The molecule has 0 aliphatic carbocycles. The minimum Gasteiger partial charge on any atom is -0.359 e. The predicted octanol–water partition coefficient (Wildman–Crippen LogP) is 2.27. The Labute approximate surface area is 132 Å². The van der Waals surface area contributed by atoms with Gasteiger partial charge >= 0.3 is 6.18 Å². The fourth-order valence-corrected chi connectivity index (χ4v) is 1.75. The van der Waals surface area contributed by atoms with Crippen LogP contribution in [0.3, 0.4) is 0 Å². The second-order valence-electron chi connectivity index (χ2n) is 4.85. The van der Waals surface area contributed by atoms with Gasteiger partial charge in [0.2, 0.25) is 11.8 Å². The summed E-state index contributed by atoms with van der Waals surface area (Å²) in [7, 11) is 0. The van der Waals surface area contributed by atoms with Gasteiger partial charge in [0.15, 0.2) is 0 Å². The lowest BCUT2D eigenvalue weighted by molar-refractivity contribution is -0.185. The van der Waals surface area contributed by atoms with Crippen LogP contribution in [0.4, 0.5) is 18.9 Å². The molecular weight excluding hydrogens is 313 g/mol. The molecule has 0 aromatic heterocycles. The Morgan fingerprint density at radius 2 is 1.91 bits per heavy atom. The molecule has 2 N–H and O–H groups in total. The monoisotopic (exact) mass is 332 g/mol. The highest BCUT2D eigenvalue weighted by Crippen LogP contribution is 2.16. The molecule has 0 unspecified atom stereocenters. The first kappa shape index (κ1) is 19.0. The molecule has 1 rings (SSSR count). The van der Waals surface area contributed by atoms with Crippen LogP contribution < -0.4 is 10.6 Å². The molecule has 23 heavy (non-hydrogen) atoms. The van der Waals surface area contributed by atoms with E-state index >= 15 is 0 Å². The summed E-state index contributed by atoms with van der Waals surface area (Å²) < 4.78 is 40.3. The van der Waals surface area contributed by atoms with E-state index in [0.717, 1.165) is 12.0 Å². The number of para-hydroxylation sites is 1. The number of hydrogen-bond acceptors (Lipinski definition) is 3. The molecule has 1 aromatic rings. The second kappa shape index (κ2) is 8.52. The Balaban J connectivity index is 2.42. The van der Waals surface area contributed by atoms with Crippen LogP contribution in [-0.2, 0) is 20.7 Å². The largest absolute Gasteiger partial charge is 0.411 e. The summed E-state index contributed by atoms with van der Waals surface area (Å²) in [5, 5.41) is 4.87. The minimum atomic E-state index is -4.50. The number of ether oxygens (including phenoxy) is 1. The molecule has 0 heterocycles. The third kappa shape index (κ3) is 7.14. The second-order valence-corrected chi connectivity index (χ2v) is 4.85. The summed E-state index contributed by atoms with van der Waals surface area (Å²) in [6.45, 7) is 1.26. The number of anilines is 1. The van der Waals surface area contributed by atoms with Crippen molar-refractivity contribution in [1.82, 2.24) is 5.32 Å². The van der Waals surface area contributed by atoms with Gasteiger partial charge < -0.3 is 15.4 Å². The van der Waals surface area contributed by atoms with Crippen molar-refractivity contribution in [3.8, 4) is 0 Å². The Morgan fingerprint density at radius 1 is 1.26 bits per heavy atom. The van der Waals surface area contributed by atoms with E-state index in [1.165, 1.54) is 6.92 Å². The van der Waals surface area contributed by atoms with Crippen LogP contribution in [0.2, 0.25) is 0 Å². The van der Waals surface area contributed by atoms with Crippen LogP contribution in [0.15, 0.2) is 24.3 Å². The van der Waals surface area contributed by atoms with Crippen LogP contribution in [-0.4, -0.2) is 37.2 Å². The van der Waals surface area contributed by atoms with Gasteiger partial charge in [0.05, 0.1) is 6.54 Å². The van der Waals surface area contributed by atoms with Gasteiger partial charge in [-0.05, 0) is 25.0 Å². The molecule has 0 radical (unpaired) electrons. The summed E-state index contributed by atoms with van der Waals surface area (Å²) in [6.07, 6.45) is -5.08. The lowest BCUT2D eigenvalue weighted by Gasteiger charge is -2.15. The van der Waals surface area contributed by atoms with Crippen LogP contribution in [0, 0.1) is 0 Å². The van der Waals surface area contributed by atoms with Gasteiger partial charge in [0, 0.05) is 5.69 Å². The zero-order valence-electron chi connectivity index (χ0n) is 12.9. The van der Waals surface area contributed by atoms with E-state index in [4.69, 9.17) is 0 Å². The number of amides is 2. The first-order chi connectivity index (χ1) is 10.7. The van der Waals surface area contributed by atoms with Gasteiger partial charge in [-0.2, -0.15) is 13.2 Å². The number of aryl methyl sites for hydroxylation is 1. The molecule has 5 nitrogen and oxygen atoms in total. The van der Waals surface area contributed by atoms with Crippen molar-refractivity contribution in [1.29, 1.82) is 0 Å². The molecule has 0 aliphatic heterocycles. The zero-order chi connectivity index (χ0) is 17.5. The maximum absolute atomic E-state index is 12.0. The normalized spacial score (nSPS) is 12.6. The molecule has 1 aromatic carbocycles. The molecule has 0 saturated carbocycles. The zero-order valence-corrected chi connectivity index (χ0v) is 12.9. The van der Waals surface area contributed by atoms with E-state index in [9.17, 15) is 22.8 Å². The van der Waals surface area contributed by atoms with Crippen molar-refractivity contribution in [2.45, 2.75) is 32.5 Å². The Kier molecular flexibility index (Phi) is 7.02. The summed E-state index contributed by atoms with van der Waals surface area (Å²) >= 11 is 0. The highest BCUT2D eigenvalue weighted by Gasteiger charge is 2.29. The number of alkyl halides is 3. The van der Waals surface area contributed by atoms with Gasteiger partial charge in [-0.3, -0.25) is 9.59 Å². The molecule has 0 saturated heterocycles. The molecule has 0 bridgehead atoms. The third-order valence-corrected chi connectivity index (χ3v) is 2.96. The SMILES string of the molecule is CCc1ccccc1NC(=O)CNC(=O)[C@@H](C)OCC(F)(F)F. The maximum atomic E-state index is 12.0. The summed E-state index contributed by atoms with van der Waals surface area (Å²) in [4.78, 5) is 23.3. The van der Waals surface area contributed by atoms with E-state index in [1.54, 1.807) is 12.1 Å². The Hall–Kier alpha value is -2.09. The number of nitrogens with one attached hydrogen (secondary N) is 2. The van der Waals surface area contributed by atoms with E-state index in [0.29, 0.717) is 5.69 Å². The number of benzene rings is 1. The van der Waals surface area contributed by atoms with Gasteiger partial charge in [0.1, 0.15) is 12.7 Å². The van der Waals surface area contributed by atoms with Crippen LogP contribution in [0.5, 0.6) is 0 Å². The lowest BCUT2D eigenvalue weighted by atomic mass is 10.1. The highest BCUT2D eigenvalue weighted by atomic mass is 19.4. The average Bonchev–Trinajstić information content (AvgIpc) is 2.50. The van der Waals surface area contributed by atoms with Crippen molar-refractivity contribution in [2.24, 2.45) is 0 Å². The molecule has 0 spiro atoms. The van der Waals surface area contributed by atoms with Gasteiger partial charge in [-0.1, -0.05) is 25.1 Å². The van der Waals surface area contributed by atoms with Crippen LogP contribution in [0.1, 0.15) is 19.4 Å². The molecule has 0 fully saturated rings. The number of rotatable bonds is 7. The molecule has 8 heteroatoms. The van der Waals surface area contributed by atoms with Crippen molar-refractivity contribution >= 4 is 17.5 Å². The van der Waals surface area contributed by atoms with E-state index < -0.39 is 30.7 Å². The van der Waals surface area contributed by atoms with Crippen molar-refractivity contribution in [3.05, 3.63) is 29.8 Å². The topological polar surface area (TPSA) is 67.4 Å². The minimum absolute atomic E-state index is 0.351. The van der Waals surface area contributed by atoms with E-state index in [1.807, 2.05) is 19.1 Å². The van der Waals surface area contributed by atoms with E-state index in [-0.39, 0.29) is 6.54 Å². The standard InChI is InChI=1S/C15H19F3N2O3/c1-3-11-6-4-5-7-12(11)20-13(21)8-19-14(22)10(2)23-9-15(16,17)18/h4-7,10H,3,8-9H2,1-2H3,(H,19,22)(H,20,21)/t10-/m1/s1. The highest BCUT2D eigenvalue weighted by molar-refractivity contribution is 5.95. The number of halogens is 3. The number of hydrogen-bond donors (Lipinski definition) is 2. The molecular formula is C15H19F3N2O3. The first-order valence-electron chi connectivity index (χ1n) is 7.06. The van der Waals surface area contributed by atoms with Crippen LogP contribution in [0.25, 0.3) is 0 Å². The molecule has 0 aliphatic rings. The fourth-order valence-electron chi connectivity index (χ4n) is 1.75. The fraction of sp³-hybridized carbons (Fsp3) is 0.467. The van der Waals surface area contributed by atoms with Gasteiger partial charge in [-0.25, -0.2) is 0 Å². The van der Waals surface area contributed by atoms with Gasteiger partial charge in [-0.15, -0.1) is 0 Å². The number of carbonyl (C=O) groups is 2. The maximum Gasteiger partial charge on any atom is 0.411 e. The summed E-state index contributed by atoms with van der Waals surface area (Å²) in [5.41, 5.74) is 1.57. The van der Waals surface area contributed by atoms with Gasteiger partial charge in [0.25, 0.3) is 0 Å². The predicted molar refractivity (Wildman–Crippen MR) is 78.9 cm³/mol. The quantitative estimate of drug-likeness (QED) is 0.805. The van der Waals surface area contributed by atoms with Crippen molar-refractivity contribution in [2.75, 3.05) is 18.5 Å². The molecule has 128 valence electrons. The third-order valence-electron chi connectivity index (χ3n) is 2.96. The van der Waals surface area contributed by atoms with Crippen molar-refractivity contribution in [3.63, 3.8) is 0 Å². The molecule has 2 amide bonds.